The Bertz CT molecular complexity index is 382. The Kier molecular flexibility index (Phi) is 4.25. The maximum Gasteiger partial charge on any atom is 0.253 e. The topological polar surface area (TPSA) is 64.3 Å². The van der Waals surface area contributed by atoms with E-state index in [0.717, 1.165) is 6.07 Å². The largest absolute Gasteiger partial charge is 0.398 e. The molecule has 1 unspecified atom stereocenters. The van der Waals surface area contributed by atoms with E-state index in [4.69, 9.17) is 10.5 Å². The van der Waals surface area contributed by atoms with Gasteiger partial charge in [-0.05, 0) is 25.1 Å². The number of carbonyl (C=O) groups is 1. The Labute approximate surface area is 93.6 Å². The number of halogens is 1. The highest BCUT2D eigenvalue weighted by Gasteiger charge is 2.12. The Morgan fingerprint density at radius 2 is 2.31 bits per heavy atom. The van der Waals surface area contributed by atoms with Crippen LogP contribution in [0.3, 0.4) is 0 Å². The van der Waals surface area contributed by atoms with Crippen molar-refractivity contribution >= 4 is 11.6 Å². The van der Waals surface area contributed by atoms with Crippen LogP contribution in [0, 0.1) is 5.82 Å². The molecular weight excluding hydrogens is 211 g/mol. The van der Waals surface area contributed by atoms with E-state index in [1.807, 2.05) is 0 Å². The minimum Gasteiger partial charge on any atom is -0.398 e. The van der Waals surface area contributed by atoms with Gasteiger partial charge in [0.25, 0.3) is 5.91 Å². The lowest BCUT2D eigenvalue weighted by atomic mass is 10.1. The summed E-state index contributed by atoms with van der Waals surface area (Å²) in [7, 11) is 1.55. The number of ether oxygens (including phenoxy) is 1. The van der Waals surface area contributed by atoms with Crippen molar-refractivity contribution in [3.63, 3.8) is 0 Å². The standard InChI is InChI=1S/C11H15FN2O2/c1-7(6-16-2)14-11(15)9-4-3-8(12)5-10(9)13/h3-5,7H,6,13H2,1-2H3,(H,14,15). The van der Waals surface area contributed by atoms with Gasteiger partial charge in [-0.2, -0.15) is 0 Å². The molecule has 5 heteroatoms. The molecule has 1 atom stereocenters. The summed E-state index contributed by atoms with van der Waals surface area (Å²) in [6.07, 6.45) is 0. The first kappa shape index (κ1) is 12.4. The second-order valence-electron chi connectivity index (χ2n) is 3.56. The lowest BCUT2D eigenvalue weighted by Crippen LogP contribution is -2.35. The van der Waals surface area contributed by atoms with E-state index in [1.165, 1.54) is 12.1 Å². The SMILES string of the molecule is COCC(C)NC(=O)c1ccc(F)cc1N. The molecule has 0 aliphatic rings. The molecule has 0 radical (unpaired) electrons. The van der Waals surface area contributed by atoms with E-state index in [1.54, 1.807) is 14.0 Å². The fraction of sp³-hybridized carbons (Fsp3) is 0.364. The van der Waals surface area contributed by atoms with Crippen molar-refractivity contribution in [3.8, 4) is 0 Å². The smallest absolute Gasteiger partial charge is 0.253 e. The Morgan fingerprint density at radius 1 is 1.62 bits per heavy atom. The van der Waals surface area contributed by atoms with E-state index in [2.05, 4.69) is 5.32 Å². The number of nitrogens with two attached hydrogens (primary N) is 1. The molecule has 16 heavy (non-hydrogen) atoms. The lowest BCUT2D eigenvalue weighted by Gasteiger charge is -2.13. The number of hydrogen-bond donors (Lipinski definition) is 2. The van der Waals surface area contributed by atoms with Crippen LogP contribution in [0.1, 0.15) is 17.3 Å². The third-order valence-electron chi connectivity index (χ3n) is 2.05. The first-order valence-electron chi connectivity index (χ1n) is 4.89. The number of rotatable bonds is 4. The van der Waals surface area contributed by atoms with E-state index >= 15 is 0 Å². The molecule has 1 aromatic carbocycles. The van der Waals surface area contributed by atoms with Crippen LogP contribution >= 0.6 is 0 Å². The summed E-state index contributed by atoms with van der Waals surface area (Å²) in [5.74, 6) is -0.791. The number of amides is 1. The van der Waals surface area contributed by atoms with Gasteiger partial charge in [-0.1, -0.05) is 0 Å². The monoisotopic (exact) mass is 226 g/mol. The van der Waals surface area contributed by atoms with Crippen molar-refractivity contribution in [2.24, 2.45) is 0 Å². The highest BCUT2D eigenvalue weighted by molar-refractivity contribution is 5.99. The summed E-state index contributed by atoms with van der Waals surface area (Å²) in [6.45, 7) is 2.22. The molecule has 0 aromatic heterocycles. The summed E-state index contributed by atoms with van der Waals surface area (Å²) >= 11 is 0. The van der Waals surface area contributed by atoms with Gasteiger partial charge in [0.15, 0.2) is 0 Å². The van der Waals surface area contributed by atoms with E-state index in [9.17, 15) is 9.18 Å². The molecule has 0 bridgehead atoms. The minimum atomic E-state index is -0.459. The molecule has 0 spiro atoms. The molecule has 0 saturated carbocycles. The number of carbonyl (C=O) groups excluding carboxylic acids is 1. The second-order valence-corrected chi connectivity index (χ2v) is 3.56. The number of hydrogen-bond acceptors (Lipinski definition) is 3. The molecule has 0 saturated heterocycles. The quantitative estimate of drug-likeness (QED) is 0.757. The number of nitrogens with one attached hydrogen (secondary N) is 1. The molecule has 3 N–H and O–H groups in total. The fourth-order valence-corrected chi connectivity index (χ4v) is 1.33. The average molecular weight is 226 g/mol. The van der Waals surface area contributed by atoms with Gasteiger partial charge in [-0.3, -0.25) is 4.79 Å². The van der Waals surface area contributed by atoms with Gasteiger partial charge in [0, 0.05) is 18.8 Å². The zero-order chi connectivity index (χ0) is 12.1. The molecule has 1 rings (SSSR count). The maximum absolute atomic E-state index is 12.8. The fourth-order valence-electron chi connectivity index (χ4n) is 1.33. The number of anilines is 1. The van der Waals surface area contributed by atoms with Gasteiger partial charge < -0.3 is 15.8 Å². The predicted octanol–water partition coefficient (Wildman–Crippen LogP) is 1.17. The summed E-state index contributed by atoms with van der Waals surface area (Å²) in [5, 5.41) is 2.69. The number of nitrogen functional groups attached to an aromatic ring is 1. The zero-order valence-electron chi connectivity index (χ0n) is 9.29. The van der Waals surface area contributed by atoms with Crippen molar-refractivity contribution in [1.82, 2.24) is 5.32 Å². The molecular formula is C11H15FN2O2. The molecule has 1 amide bonds. The van der Waals surface area contributed by atoms with Crippen LogP contribution in [-0.2, 0) is 4.74 Å². The summed E-state index contributed by atoms with van der Waals surface area (Å²) < 4.78 is 17.6. The molecule has 0 heterocycles. The van der Waals surface area contributed by atoms with E-state index in [-0.39, 0.29) is 23.2 Å². The molecule has 0 fully saturated rings. The Hall–Kier alpha value is -1.62. The second kappa shape index (κ2) is 5.46. The lowest BCUT2D eigenvalue weighted by molar-refractivity contribution is 0.0906. The van der Waals surface area contributed by atoms with Gasteiger partial charge in [0.1, 0.15) is 5.82 Å². The molecule has 88 valence electrons. The molecule has 4 nitrogen and oxygen atoms in total. The van der Waals surface area contributed by atoms with Gasteiger partial charge in [-0.15, -0.1) is 0 Å². The van der Waals surface area contributed by atoms with E-state index in [0.29, 0.717) is 6.61 Å². The highest BCUT2D eigenvalue weighted by Crippen LogP contribution is 2.13. The first-order valence-corrected chi connectivity index (χ1v) is 4.89. The summed E-state index contributed by atoms with van der Waals surface area (Å²) in [5.41, 5.74) is 5.93. The molecule has 1 aromatic rings. The number of methoxy groups -OCH3 is 1. The van der Waals surface area contributed by atoms with Crippen LogP contribution in [0.25, 0.3) is 0 Å². The van der Waals surface area contributed by atoms with E-state index < -0.39 is 5.82 Å². The van der Waals surface area contributed by atoms with Crippen LogP contribution < -0.4 is 11.1 Å². The van der Waals surface area contributed by atoms with Crippen molar-refractivity contribution in [2.45, 2.75) is 13.0 Å². The minimum absolute atomic E-state index is 0.123. The highest BCUT2D eigenvalue weighted by atomic mass is 19.1. The Morgan fingerprint density at radius 3 is 2.88 bits per heavy atom. The van der Waals surface area contributed by atoms with Crippen LogP contribution in [0.4, 0.5) is 10.1 Å². The summed E-state index contributed by atoms with van der Waals surface area (Å²) in [4.78, 5) is 11.7. The summed E-state index contributed by atoms with van der Waals surface area (Å²) in [6, 6.07) is 3.56. The third kappa shape index (κ3) is 3.20. The maximum atomic E-state index is 12.8. The van der Waals surface area contributed by atoms with Crippen LogP contribution in [0.15, 0.2) is 18.2 Å². The van der Waals surface area contributed by atoms with Crippen LogP contribution in [0.2, 0.25) is 0 Å². The molecule has 0 aliphatic carbocycles. The number of benzene rings is 1. The van der Waals surface area contributed by atoms with Gasteiger partial charge in [0.05, 0.1) is 12.2 Å². The van der Waals surface area contributed by atoms with Gasteiger partial charge >= 0.3 is 0 Å². The van der Waals surface area contributed by atoms with Crippen molar-refractivity contribution < 1.29 is 13.9 Å². The van der Waals surface area contributed by atoms with Crippen LogP contribution in [0.5, 0.6) is 0 Å². The molecule has 0 aliphatic heterocycles. The zero-order valence-corrected chi connectivity index (χ0v) is 9.29. The van der Waals surface area contributed by atoms with Crippen molar-refractivity contribution in [2.75, 3.05) is 19.5 Å². The van der Waals surface area contributed by atoms with Gasteiger partial charge in [0.2, 0.25) is 0 Å². The normalized spacial score (nSPS) is 12.2. The van der Waals surface area contributed by atoms with Gasteiger partial charge in [-0.25, -0.2) is 4.39 Å². The van der Waals surface area contributed by atoms with Crippen molar-refractivity contribution in [3.05, 3.63) is 29.6 Å². The third-order valence-corrected chi connectivity index (χ3v) is 2.05. The van der Waals surface area contributed by atoms with Crippen molar-refractivity contribution in [1.29, 1.82) is 0 Å². The Balaban J connectivity index is 2.73. The first-order chi connectivity index (χ1) is 7.54. The predicted molar refractivity (Wildman–Crippen MR) is 59.6 cm³/mol. The van der Waals surface area contributed by atoms with Crippen LogP contribution in [-0.4, -0.2) is 25.7 Å². The average Bonchev–Trinajstić information content (AvgIpc) is 2.17.